The molecule has 2 aliphatic heterocycles. The molecule has 0 bridgehead atoms. The van der Waals surface area contributed by atoms with Crippen LogP contribution in [0.4, 0.5) is 0 Å². The maximum absolute atomic E-state index is 13.1. The molecule has 1 atom stereocenters. The molecule has 26 heavy (non-hydrogen) atoms. The van der Waals surface area contributed by atoms with E-state index in [9.17, 15) is 9.59 Å². The normalized spacial score (nSPS) is 23.5. The van der Waals surface area contributed by atoms with Crippen molar-refractivity contribution >= 4 is 11.8 Å². The van der Waals surface area contributed by atoms with Crippen molar-refractivity contribution < 1.29 is 14.3 Å². The van der Waals surface area contributed by atoms with Gasteiger partial charge in [0.05, 0.1) is 13.2 Å². The number of likely N-dealkylation sites (tertiary alicyclic amines) is 1. The molecular weight excluding hydrogens is 330 g/mol. The first kappa shape index (κ1) is 18.9. The largest absolute Gasteiger partial charge is 0.378 e. The molecule has 2 aliphatic rings. The molecule has 2 heterocycles. The van der Waals surface area contributed by atoms with E-state index in [0.29, 0.717) is 44.8 Å². The van der Waals surface area contributed by atoms with E-state index >= 15 is 0 Å². The summed E-state index contributed by atoms with van der Waals surface area (Å²) in [4.78, 5) is 31.9. The second-order valence-electron chi connectivity index (χ2n) is 7.67. The number of amides is 2. The van der Waals surface area contributed by atoms with Crippen LogP contribution >= 0.6 is 0 Å². The minimum atomic E-state index is -0.753. The Bertz CT molecular complexity index is 653. The molecule has 0 spiro atoms. The van der Waals surface area contributed by atoms with Gasteiger partial charge in [0.15, 0.2) is 0 Å². The zero-order valence-corrected chi connectivity index (χ0v) is 16.0. The van der Waals surface area contributed by atoms with Crippen LogP contribution in [0.5, 0.6) is 0 Å². The van der Waals surface area contributed by atoms with Gasteiger partial charge in [0.2, 0.25) is 5.91 Å². The Hall–Kier alpha value is -1.92. The van der Waals surface area contributed by atoms with E-state index in [2.05, 4.69) is 4.90 Å². The lowest BCUT2D eigenvalue weighted by Crippen LogP contribution is -2.58. The Morgan fingerprint density at radius 2 is 1.77 bits per heavy atom. The highest BCUT2D eigenvalue weighted by Gasteiger charge is 2.47. The van der Waals surface area contributed by atoms with Crippen molar-refractivity contribution in [3.63, 3.8) is 0 Å². The van der Waals surface area contributed by atoms with Crippen molar-refractivity contribution in [3.8, 4) is 0 Å². The van der Waals surface area contributed by atoms with Crippen LogP contribution in [0.3, 0.4) is 0 Å². The number of hydrogen-bond acceptors (Lipinski definition) is 4. The van der Waals surface area contributed by atoms with E-state index in [0.717, 1.165) is 13.0 Å². The molecule has 3 rings (SSSR count). The Balaban J connectivity index is 1.76. The Kier molecular flexibility index (Phi) is 5.63. The highest BCUT2D eigenvalue weighted by Crippen LogP contribution is 2.32. The lowest BCUT2D eigenvalue weighted by Gasteiger charge is -2.39. The summed E-state index contributed by atoms with van der Waals surface area (Å²) >= 11 is 0. The van der Waals surface area contributed by atoms with Crippen LogP contribution < -0.4 is 0 Å². The first-order chi connectivity index (χ1) is 12.4. The fraction of sp³-hybridized carbons (Fsp3) is 0.600. The first-order valence-corrected chi connectivity index (χ1v) is 9.34. The number of carbonyl (C=O) groups excluding carboxylic acids is 2. The van der Waals surface area contributed by atoms with Gasteiger partial charge >= 0.3 is 0 Å². The van der Waals surface area contributed by atoms with Gasteiger partial charge in [0, 0.05) is 31.7 Å². The van der Waals surface area contributed by atoms with Crippen LogP contribution in [0.15, 0.2) is 24.3 Å². The molecule has 0 N–H and O–H groups in total. The number of carbonyl (C=O) groups is 2. The van der Waals surface area contributed by atoms with Crippen LogP contribution in [0.25, 0.3) is 0 Å². The molecule has 1 aromatic rings. The molecule has 0 aliphatic carbocycles. The Morgan fingerprint density at radius 3 is 2.38 bits per heavy atom. The van der Waals surface area contributed by atoms with Crippen LogP contribution in [0.1, 0.15) is 35.7 Å². The summed E-state index contributed by atoms with van der Waals surface area (Å²) < 4.78 is 5.35. The third-order valence-electron chi connectivity index (χ3n) is 5.34. The van der Waals surface area contributed by atoms with Crippen molar-refractivity contribution in [2.24, 2.45) is 0 Å². The molecule has 0 radical (unpaired) electrons. The van der Waals surface area contributed by atoms with Crippen LogP contribution in [-0.4, -0.2) is 79.0 Å². The summed E-state index contributed by atoms with van der Waals surface area (Å²) in [6.45, 7) is 5.74. The summed E-state index contributed by atoms with van der Waals surface area (Å²) in [5.41, 5.74) is 1.06. The molecule has 0 unspecified atom stereocenters. The molecule has 0 aromatic heterocycles. The number of ether oxygens (including phenoxy) is 1. The number of hydrogen-bond donors (Lipinski definition) is 0. The van der Waals surface area contributed by atoms with Gasteiger partial charge in [-0.1, -0.05) is 12.1 Å². The van der Waals surface area contributed by atoms with Gasteiger partial charge in [-0.25, -0.2) is 0 Å². The van der Waals surface area contributed by atoms with E-state index in [-0.39, 0.29) is 11.8 Å². The number of morpholine rings is 1. The minimum absolute atomic E-state index is 0.0517. The standard InChI is InChI=1S/C20H29N3O3/c1-20(19(25)22-11-13-26-14-12-22)9-4-10-23(20)18(24)17-7-5-16(6-8-17)15-21(2)3/h5-8H,4,9-15H2,1-3H3/t20-/m1/s1. The van der Waals surface area contributed by atoms with E-state index in [1.54, 1.807) is 4.90 Å². The van der Waals surface area contributed by atoms with Crippen molar-refractivity contribution in [3.05, 3.63) is 35.4 Å². The topological polar surface area (TPSA) is 53.1 Å². The highest BCUT2D eigenvalue weighted by atomic mass is 16.5. The number of benzene rings is 1. The van der Waals surface area contributed by atoms with Crippen LogP contribution in [0, 0.1) is 0 Å². The Labute approximate surface area is 155 Å². The fourth-order valence-corrected chi connectivity index (χ4v) is 3.89. The van der Waals surface area contributed by atoms with Crippen LogP contribution in [-0.2, 0) is 16.1 Å². The quantitative estimate of drug-likeness (QED) is 0.819. The van der Waals surface area contributed by atoms with Crippen molar-refractivity contribution in [2.75, 3.05) is 46.9 Å². The van der Waals surface area contributed by atoms with E-state index in [4.69, 9.17) is 4.74 Å². The second kappa shape index (κ2) is 7.76. The maximum Gasteiger partial charge on any atom is 0.254 e. The summed E-state index contributed by atoms with van der Waals surface area (Å²) in [5, 5.41) is 0. The predicted octanol–water partition coefficient (Wildman–Crippen LogP) is 1.60. The third kappa shape index (κ3) is 3.76. The third-order valence-corrected chi connectivity index (χ3v) is 5.34. The molecule has 1 aromatic carbocycles. The van der Waals surface area contributed by atoms with E-state index in [1.165, 1.54) is 5.56 Å². The highest BCUT2D eigenvalue weighted by molar-refractivity contribution is 5.99. The van der Waals surface area contributed by atoms with Gasteiger partial charge in [0.25, 0.3) is 5.91 Å². The van der Waals surface area contributed by atoms with Crippen molar-refractivity contribution in [1.29, 1.82) is 0 Å². The molecule has 2 fully saturated rings. The van der Waals surface area contributed by atoms with Gasteiger partial charge in [0.1, 0.15) is 5.54 Å². The van der Waals surface area contributed by atoms with Gasteiger partial charge in [-0.15, -0.1) is 0 Å². The molecule has 2 amide bonds. The summed E-state index contributed by atoms with van der Waals surface area (Å²) in [7, 11) is 4.04. The average Bonchev–Trinajstić information content (AvgIpc) is 3.04. The van der Waals surface area contributed by atoms with Crippen LogP contribution in [0.2, 0.25) is 0 Å². The Morgan fingerprint density at radius 1 is 1.12 bits per heavy atom. The summed E-state index contributed by atoms with van der Waals surface area (Å²) in [6.07, 6.45) is 1.57. The van der Waals surface area contributed by atoms with Crippen molar-refractivity contribution in [2.45, 2.75) is 31.8 Å². The first-order valence-electron chi connectivity index (χ1n) is 9.34. The monoisotopic (exact) mass is 359 g/mol. The predicted molar refractivity (Wildman–Crippen MR) is 99.9 cm³/mol. The summed E-state index contributed by atoms with van der Waals surface area (Å²) in [5.74, 6) is -0.00103. The average molecular weight is 359 g/mol. The summed E-state index contributed by atoms with van der Waals surface area (Å²) in [6, 6.07) is 7.73. The number of nitrogens with zero attached hydrogens (tertiary/aromatic N) is 3. The van der Waals surface area contributed by atoms with E-state index < -0.39 is 5.54 Å². The number of rotatable bonds is 4. The van der Waals surface area contributed by atoms with Gasteiger partial charge < -0.3 is 19.4 Å². The minimum Gasteiger partial charge on any atom is -0.378 e. The van der Waals surface area contributed by atoms with Crippen molar-refractivity contribution in [1.82, 2.24) is 14.7 Å². The molecule has 0 saturated carbocycles. The zero-order chi connectivity index (χ0) is 18.7. The molecule has 6 heteroatoms. The van der Waals surface area contributed by atoms with Gasteiger partial charge in [-0.3, -0.25) is 9.59 Å². The molecule has 142 valence electrons. The lowest BCUT2D eigenvalue weighted by molar-refractivity contribution is -0.144. The lowest BCUT2D eigenvalue weighted by atomic mass is 9.95. The maximum atomic E-state index is 13.1. The van der Waals surface area contributed by atoms with Gasteiger partial charge in [-0.05, 0) is 51.6 Å². The SMILES string of the molecule is CN(C)Cc1ccc(C(=O)N2CCC[C@]2(C)C(=O)N2CCOCC2)cc1. The van der Waals surface area contributed by atoms with Gasteiger partial charge in [-0.2, -0.15) is 0 Å². The fourth-order valence-electron chi connectivity index (χ4n) is 3.89. The zero-order valence-electron chi connectivity index (χ0n) is 16.0. The molecule has 6 nitrogen and oxygen atoms in total. The smallest absolute Gasteiger partial charge is 0.254 e. The molecule has 2 saturated heterocycles. The van der Waals surface area contributed by atoms with E-state index in [1.807, 2.05) is 50.2 Å². The molecular formula is C20H29N3O3. The second-order valence-corrected chi connectivity index (χ2v) is 7.67.